The van der Waals surface area contributed by atoms with Gasteiger partial charge in [-0.05, 0) is 62.2 Å². The first-order chi connectivity index (χ1) is 7.83. The van der Waals surface area contributed by atoms with Crippen LogP contribution in [0.15, 0.2) is 0 Å². The normalized spacial score (nSPS) is 27.4. The molecule has 3 aliphatic carbocycles. The molecule has 0 radical (unpaired) electrons. The molecule has 0 amide bonds. The molecule has 3 aliphatic rings. The van der Waals surface area contributed by atoms with Crippen molar-refractivity contribution in [2.24, 2.45) is 17.3 Å². The minimum Gasteiger partial charge on any atom is -0.385 e. The van der Waals surface area contributed by atoms with Gasteiger partial charge in [-0.15, -0.1) is 0 Å². The van der Waals surface area contributed by atoms with Crippen LogP contribution >= 0.6 is 0 Å². The molecule has 92 valence electrons. The van der Waals surface area contributed by atoms with Crippen molar-refractivity contribution < 1.29 is 4.74 Å². The highest BCUT2D eigenvalue weighted by Crippen LogP contribution is 2.50. The molecular weight excluding hydrogens is 198 g/mol. The summed E-state index contributed by atoms with van der Waals surface area (Å²) in [6.45, 7) is 2.20. The summed E-state index contributed by atoms with van der Waals surface area (Å²) in [5, 5.41) is 3.90. The molecule has 0 aromatic heterocycles. The van der Waals surface area contributed by atoms with E-state index in [1.165, 1.54) is 51.5 Å². The lowest BCUT2D eigenvalue weighted by atomic mass is 10.0. The molecule has 16 heavy (non-hydrogen) atoms. The fourth-order valence-corrected chi connectivity index (χ4v) is 2.97. The summed E-state index contributed by atoms with van der Waals surface area (Å²) in [4.78, 5) is 0. The van der Waals surface area contributed by atoms with E-state index in [1.807, 2.05) is 7.11 Å². The van der Waals surface area contributed by atoms with E-state index in [-0.39, 0.29) is 0 Å². The van der Waals surface area contributed by atoms with Gasteiger partial charge in [0, 0.05) is 26.3 Å². The Labute approximate surface area is 99.1 Å². The summed E-state index contributed by atoms with van der Waals surface area (Å²) in [6, 6.07) is 0.875. The number of hydrogen-bond acceptors (Lipinski definition) is 2. The zero-order valence-electron chi connectivity index (χ0n) is 10.5. The van der Waals surface area contributed by atoms with Crippen LogP contribution in [0.2, 0.25) is 0 Å². The van der Waals surface area contributed by atoms with Crippen molar-refractivity contribution in [1.29, 1.82) is 0 Å². The smallest absolute Gasteiger partial charge is 0.0468 e. The predicted molar refractivity (Wildman–Crippen MR) is 65.4 cm³/mol. The molecule has 0 atom stereocenters. The van der Waals surface area contributed by atoms with Crippen LogP contribution in [0.25, 0.3) is 0 Å². The number of ether oxygens (including phenoxy) is 1. The van der Waals surface area contributed by atoms with Crippen LogP contribution in [0.3, 0.4) is 0 Å². The van der Waals surface area contributed by atoms with Gasteiger partial charge in [-0.3, -0.25) is 0 Å². The second kappa shape index (κ2) is 4.30. The molecule has 0 aliphatic heterocycles. The van der Waals surface area contributed by atoms with Gasteiger partial charge < -0.3 is 10.1 Å². The van der Waals surface area contributed by atoms with E-state index in [9.17, 15) is 0 Å². The summed E-state index contributed by atoms with van der Waals surface area (Å²) in [5.41, 5.74) is 0.623. The first-order valence-electron chi connectivity index (χ1n) is 7.05. The van der Waals surface area contributed by atoms with Crippen LogP contribution in [-0.4, -0.2) is 26.3 Å². The lowest BCUT2D eigenvalue weighted by molar-refractivity contribution is 0.169. The van der Waals surface area contributed by atoms with Gasteiger partial charge in [-0.25, -0.2) is 0 Å². The van der Waals surface area contributed by atoms with E-state index in [2.05, 4.69) is 5.32 Å². The Balaban J connectivity index is 1.43. The van der Waals surface area contributed by atoms with Gasteiger partial charge in [0.05, 0.1) is 0 Å². The molecule has 1 N–H and O–H groups in total. The van der Waals surface area contributed by atoms with E-state index >= 15 is 0 Å². The SMILES string of the molecule is COCCC1(CNC(C2CC2)C2CC2)CC1. The lowest BCUT2D eigenvalue weighted by Crippen LogP contribution is -2.37. The van der Waals surface area contributed by atoms with Crippen molar-refractivity contribution in [2.45, 2.75) is 51.0 Å². The first-order valence-corrected chi connectivity index (χ1v) is 7.05. The summed E-state index contributed by atoms with van der Waals surface area (Å²) >= 11 is 0. The van der Waals surface area contributed by atoms with E-state index in [4.69, 9.17) is 4.74 Å². The molecule has 0 aromatic carbocycles. The van der Waals surface area contributed by atoms with Gasteiger partial charge in [-0.2, -0.15) is 0 Å². The Morgan fingerprint density at radius 2 is 1.81 bits per heavy atom. The van der Waals surface area contributed by atoms with Gasteiger partial charge >= 0.3 is 0 Å². The van der Waals surface area contributed by atoms with Crippen molar-refractivity contribution in [1.82, 2.24) is 5.32 Å². The second-order valence-electron chi connectivity index (χ2n) is 6.32. The van der Waals surface area contributed by atoms with E-state index in [0.29, 0.717) is 5.41 Å². The van der Waals surface area contributed by atoms with Gasteiger partial charge in [0.1, 0.15) is 0 Å². The van der Waals surface area contributed by atoms with Crippen LogP contribution in [0.5, 0.6) is 0 Å². The van der Waals surface area contributed by atoms with Crippen LogP contribution in [0, 0.1) is 17.3 Å². The Hall–Kier alpha value is -0.0800. The van der Waals surface area contributed by atoms with Crippen molar-refractivity contribution in [3.05, 3.63) is 0 Å². The van der Waals surface area contributed by atoms with Crippen LogP contribution in [0.4, 0.5) is 0 Å². The predicted octanol–water partition coefficient (Wildman–Crippen LogP) is 2.58. The maximum absolute atomic E-state index is 5.22. The lowest BCUT2D eigenvalue weighted by Gasteiger charge is -2.22. The Morgan fingerprint density at radius 3 is 2.25 bits per heavy atom. The van der Waals surface area contributed by atoms with Crippen LogP contribution < -0.4 is 5.32 Å². The third-order valence-corrected chi connectivity index (χ3v) is 4.77. The van der Waals surface area contributed by atoms with Gasteiger partial charge in [-0.1, -0.05) is 0 Å². The third kappa shape index (κ3) is 2.60. The number of nitrogens with one attached hydrogen (secondary N) is 1. The standard InChI is InChI=1S/C14H25NO/c1-16-9-8-14(6-7-14)10-15-13(11-2-3-11)12-4-5-12/h11-13,15H,2-10H2,1H3. The summed E-state index contributed by atoms with van der Waals surface area (Å²) < 4.78 is 5.22. The molecule has 0 spiro atoms. The third-order valence-electron chi connectivity index (χ3n) is 4.77. The quantitative estimate of drug-likeness (QED) is 0.683. The Morgan fingerprint density at radius 1 is 1.19 bits per heavy atom. The number of hydrogen-bond donors (Lipinski definition) is 1. The molecule has 3 fully saturated rings. The van der Waals surface area contributed by atoms with E-state index in [1.54, 1.807) is 0 Å². The largest absolute Gasteiger partial charge is 0.385 e. The monoisotopic (exact) mass is 223 g/mol. The van der Waals surface area contributed by atoms with Crippen LogP contribution in [-0.2, 0) is 4.74 Å². The molecule has 0 bridgehead atoms. The summed E-state index contributed by atoms with van der Waals surface area (Å²) in [7, 11) is 1.82. The molecule has 0 heterocycles. The van der Waals surface area contributed by atoms with Crippen molar-refractivity contribution in [2.75, 3.05) is 20.3 Å². The first kappa shape index (κ1) is 11.0. The van der Waals surface area contributed by atoms with E-state index < -0.39 is 0 Å². The zero-order chi connectivity index (χ0) is 11.0. The molecule has 0 unspecified atom stereocenters. The van der Waals surface area contributed by atoms with Crippen molar-refractivity contribution >= 4 is 0 Å². The van der Waals surface area contributed by atoms with Crippen molar-refractivity contribution in [3.8, 4) is 0 Å². The fourth-order valence-electron chi connectivity index (χ4n) is 2.97. The average molecular weight is 223 g/mol. The molecule has 0 saturated heterocycles. The minimum absolute atomic E-state index is 0.623. The highest BCUT2D eigenvalue weighted by molar-refractivity contribution is 5.00. The zero-order valence-corrected chi connectivity index (χ0v) is 10.5. The minimum atomic E-state index is 0.623. The number of methoxy groups -OCH3 is 1. The Bertz CT molecular complexity index is 229. The van der Waals surface area contributed by atoms with Gasteiger partial charge in [0.2, 0.25) is 0 Å². The van der Waals surface area contributed by atoms with Gasteiger partial charge in [0.25, 0.3) is 0 Å². The molecule has 2 heteroatoms. The highest BCUT2D eigenvalue weighted by Gasteiger charge is 2.45. The highest BCUT2D eigenvalue weighted by atomic mass is 16.5. The summed E-state index contributed by atoms with van der Waals surface area (Å²) in [6.07, 6.45) is 10.0. The average Bonchev–Trinajstić information content (AvgIpc) is 3.15. The molecule has 3 saturated carbocycles. The van der Waals surface area contributed by atoms with Crippen LogP contribution in [0.1, 0.15) is 44.9 Å². The second-order valence-corrected chi connectivity index (χ2v) is 6.32. The maximum atomic E-state index is 5.22. The topological polar surface area (TPSA) is 21.3 Å². The summed E-state index contributed by atoms with van der Waals surface area (Å²) in [5.74, 6) is 2.07. The number of rotatable bonds is 8. The van der Waals surface area contributed by atoms with Gasteiger partial charge in [0.15, 0.2) is 0 Å². The maximum Gasteiger partial charge on any atom is 0.0468 e. The molecule has 2 nitrogen and oxygen atoms in total. The molecule has 3 rings (SSSR count). The Kier molecular flexibility index (Phi) is 2.97. The van der Waals surface area contributed by atoms with E-state index in [0.717, 1.165) is 24.5 Å². The molecule has 0 aromatic rings. The van der Waals surface area contributed by atoms with Crippen molar-refractivity contribution in [3.63, 3.8) is 0 Å². The fraction of sp³-hybridized carbons (Fsp3) is 1.00. The molecular formula is C14H25NO.